The number of methoxy groups -OCH3 is 1. The average molecular weight is 290 g/mol. The number of ether oxygens (including phenoxy) is 1. The quantitative estimate of drug-likeness (QED) is 0.797. The molecule has 4 bridgehead atoms. The van der Waals surface area contributed by atoms with Gasteiger partial charge in [-0.05, 0) is 61.7 Å². The number of aromatic nitrogens is 2. The van der Waals surface area contributed by atoms with Crippen molar-refractivity contribution in [1.29, 1.82) is 0 Å². The van der Waals surface area contributed by atoms with Crippen molar-refractivity contribution < 1.29 is 13.9 Å². The van der Waals surface area contributed by atoms with Crippen LogP contribution in [0.25, 0.3) is 0 Å². The van der Waals surface area contributed by atoms with Crippen molar-refractivity contribution in [3.8, 4) is 0 Å². The molecule has 1 aromatic heterocycles. The number of hydrogen-bond donors (Lipinski definition) is 0. The maximum atomic E-state index is 11.3. The maximum Gasteiger partial charge on any atom is 0.315 e. The second-order valence-electron chi connectivity index (χ2n) is 7.44. The van der Waals surface area contributed by atoms with Crippen LogP contribution >= 0.6 is 0 Å². The second-order valence-corrected chi connectivity index (χ2v) is 7.44. The van der Waals surface area contributed by atoms with Crippen LogP contribution in [0, 0.1) is 23.2 Å². The molecule has 4 aliphatic carbocycles. The molecule has 5 rings (SSSR count). The summed E-state index contributed by atoms with van der Waals surface area (Å²) in [5.74, 6) is 3.52. The van der Waals surface area contributed by atoms with E-state index in [1.165, 1.54) is 45.6 Å². The summed E-state index contributed by atoms with van der Waals surface area (Å²) in [5, 5.41) is 8.14. The molecular formula is C16H22N2O3. The summed E-state index contributed by atoms with van der Waals surface area (Å²) in [4.78, 5) is 11.3. The minimum absolute atomic E-state index is 0.0738. The molecule has 0 aromatic carbocycles. The molecule has 0 radical (unpaired) electrons. The van der Waals surface area contributed by atoms with E-state index < -0.39 is 0 Å². The van der Waals surface area contributed by atoms with Crippen LogP contribution in [0.2, 0.25) is 0 Å². The van der Waals surface area contributed by atoms with Crippen molar-refractivity contribution in [3.05, 3.63) is 11.8 Å². The molecule has 1 aromatic rings. The topological polar surface area (TPSA) is 65.2 Å². The Morgan fingerprint density at radius 1 is 1.14 bits per heavy atom. The van der Waals surface area contributed by atoms with Gasteiger partial charge < -0.3 is 9.15 Å². The Bertz CT molecular complexity index is 516. The molecule has 114 valence electrons. The van der Waals surface area contributed by atoms with Gasteiger partial charge in [0.05, 0.1) is 7.11 Å². The minimum atomic E-state index is -0.333. The number of carbonyl (C=O) groups excluding carboxylic acids is 1. The van der Waals surface area contributed by atoms with Crippen LogP contribution in [-0.4, -0.2) is 23.3 Å². The van der Waals surface area contributed by atoms with E-state index in [0.29, 0.717) is 17.2 Å². The largest absolute Gasteiger partial charge is 0.469 e. The average Bonchev–Trinajstić information content (AvgIpc) is 2.83. The van der Waals surface area contributed by atoms with Crippen molar-refractivity contribution in [2.45, 2.75) is 51.4 Å². The third-order valence-electron chi connectivity index (χ3n) is 5.72. The summed E-state index contributed by atoms with van der Waals surface area (Å²) in [6.07, 6.45) is 9.27. The number of nitrogens with zero attached hydrogens (tertiary/aromatic N) is 2. The monoisotopic (exact) mass is 290 g/mol. The molecule has 0 spiro atoms. The van der Waals surface area contributed by atoms with Crippen molar-refractivity contribution in [1.82, 2.24) is 10.2 Å². The Labute approximate surface area is 124 Å². The third-order valence-corrected chi connectivity index (χ3v) is 5.72. The SMILES string of the molecule is COC(=O)Cc1nnc(CC23CC4CC(CC(C4)C2)C3)o1. The fourth-order valence-electron chi connectivity index (χ4n) is 5.45. The van der Waals surface area contributed by atoms with E-state index in [0.717, 1.165) is 24.2 Å². The van der Waals surface area contributed by atoms with Crippen molar-refractivity contribution in [2.24, 2.45) is 23.2 Å². The molecule has 0 atom stereocenters. The zero-order valence-electron chi connectivity index (χ0n) is 12.5. The highest BCUT2D eigenvalue weighted by Gasteiger charge is 2.51. The highest BCUT2D eigenvalue weighted by molar-refractivity contribution is 5.70. The molecule has 21 heavy (non-hydrogen) atoms. The highest BCUT2D eigenvalue weighted by Crippen LogP contribution is 2.60. The van der Waals surface area contributed by atoms with Gasteiger partial charge in [-0.3, -0.25) is 4.79 Å². The molecule has 0 saturated heterocycles. The van der Waals surface area contributed by atoms with Crippen LogP contribution < -0.4 is 0 Å². The fourth-order valence-corrected chi connectivity index (χ4v) is 5.45. The minimum Gasteiger partial charge on any atom is -0.469 e. The summed E-state index contributed by atoms with van der Waals surface area (Å²) in [6.45, 7) is 0. The third kappa shape index (κ3) is 2.47. The first-order valence-electron chi connectivity index (χ1n) is 8.02. The Balaban J connectivity index is 1.47. The number of hydrogen-bond acceptors (Lipinski definition) is 5. The van der Waals surface area contributed by atoms with Crippen LogP contribution in [0.15, 0.2) is 4.42 Å². The summed E-state index contributed by atoms with van der Waals surface area (Å²) in [6, 6.07) is 0. The van der Waals surface area contributed by atoms with E-state index in [9.17, 15) is 4.79 Å². The normalized spacial score (nSPS) is 36.9. The Hall–Kier alpha value is -1.39. The van der Waals surface area contributed by atoms with Gasteiger partial charge in [-0.15, -0.1) is 10.2 Å². The zero-order chi connectivity index (χ0) is 14.4. The van der Waals surface area contributed by atoms with Crippen LogP contribution in [0.5, 0.6) is 0 Å². The number of carbonyl (C=O) groups is 1. The van der Waals surface area contributed by atoms with Gasteiger partial charge in [-0.2, -0.15) is 0 Å². The van der Waals surface area contributed by atoms with Crippen LogP contribution in [-0.2, 0) is 22.4 Å². The van der Waals surface area contributed by atoms with E-state index in [-0.39, 0.29) is 12.4 Å². The van der Waals surface area contributed by atoms with Gasteiger partial charge in [0.2, 0.25) is 11.8 Å². The number of esters is 1. The molecule has 0 N–H and O–H groups in total. The van der Waals surface area contributed by atoms with Gasteiger partial charge in [0.1, 0.15) is 6.42 Å². The van der Waals surface area contributed by atoms with E-state index >= 15 is 0 Å². The van der Waals surface area contributed by atoms with Gasteiger partial charge in [0, 0.05) is 6.42 Å². The van der Waals surface area contributed by atoms with Crippen LogP contribution in [0.1, 0.15) is 50.3 Å². The zero-order valence-corrected chi connectivity index (χ0v) is 12.5. The lowest BCUT2D eigenvalue weighted by Crippen LogP contribution is -2.47. The van der Waals surface area contributed by atoms with Crippen molar-refractivity contribution >= 4 is 5.97 Å². The molecule has 4 saturated carbocycles. The van der Waals surface area contributed by atoms with Crippen molar-refractivity contribution in [3.63, 3.8) is 0 Å². The second kappa shape index (κ2) is 4.82. The predicted molar refractivity (Wildman–Crippen MR) is 74.3 cm³/mol. The Morgan fingerprint density at radius 2 is 1.71 bits per heavy atom. The number of rotatable bonds is 4. The summed E-state index contributed by atoms with van der Waals surface area (Å²) in [5.41, 5.74) is 0.393. The smallest absolute Gasteiger partial charge is 0.315 e. The van der Waals surface area contributed by atoms with E-state index in [1.54, 1.807) is 0 Å². The highest BCUT2D eigenvalue weighted by atomic mass is 16.5. The molecule has 5 nitrogen and oxygen atoms in total. The van der Waals surface area contributed by atoms with E-state index in [1.807, 2.05) is 0 Å². The van der Waals surface area contributed by atoms with Crippen LogP contribution in [0.3, 0.4) is 0 Å². The summed E-state index contributed by atoms with van der Waals surface area (Å²) < 4.78 is 10.3. The summed E-state index contributed by atoms with van der Waals surface area (Å²) in [7, 11) is 1.37. The molecule has 0 amide bonds. The first-order valence-corrected chi connectivity index (χ1v) is 8.02. The molecule has 0 aliphatic heterocycles. The van der Waals surface area contributed by atoms with Crippen LogP contribution in [0.4, 0.5) is 0 Å². The first-order chi connectivity index (χ1) is 10.1. The first kappa shape index (κ1) is 13.3. The lowest BCUT2D eigenvalue weighted by atomic mass is 9.49. The fraction of sp³-hybridized carbons (Fsp3) is 0.812. The Kier molecular flexibility index (Phi) is 3.05. The summed E-state index contributed by atoms with van der Waals surface area (Å²) >= 11 is 0. The van der Waals surface area contributed by atoms with Gasteiger partial charge in [0.25, 0.3) is 0 Å². The van der Waals surface area contributed by atoms with Crippen molar-refractivity contribution in [2.75, 3.05) is 7.11 Å². The standard InChI is InChI=1S/C16H22N2O3/c1-20-15(19)5-13-17-18-14(21-13)9-16-6-10-2-11(7-16)4-12(3-10)8-16/h10-12H,2-9H2,1H3. The molecule has 1 heterocycles. The van der Waals surface area contributed by atoms with Gasteiger partial charge in [-0.1, -0.05) is 0 Å². The van der Waals surface area contributed by atoms with Gasteiger partial charge in [-0.25, -0.2) is 0 Å². The molecule has 0 unspecified atom stereocenters. The maximum absolute atomic E-state index is 11.3. The Morgan fingerprint density at radius 3 is 2.29 bits per heavy atom. The molecule has 4 fully saturated rings. The van der Waals surface area contributed by atoms with E-state index in [4.69, 9.17) is 4.42 Å². The van der Waals surface area contributed by atoms with Gasteiger partial charge in [0.15, 0.2) is 0 Å². The van der Waals surface area contributed by atoms with E-state index in [2.05, 4.69) is 14.9 Å². The lowest BCUT2D eigenvalue weighted by Gasteiger charge is -2.56. The lowest BCUT2D eigenvalue weighted by molar-refractivity contribution is -0.140. The molecular weight excluding hydrogens is 268 g/mol. The molecule has 5 heteroatoms. The predicted octanol–water partition coefficient (Wildman–Crippen LogP) is 2.54. The van der Waals surface area contributed by atoms with Gasteiger partial charge >= 0.3 is 5.97 Å². The molecule has 4 aliphatic rings.